The molecule has 5 heteroatoms. The minimum atomic E-state index is -1.88. The molecule has 2 rings (SSSR count). The Morgan fingerprint density at radius 3 is 2.32 bits per heavy atom. The smallest absolute Gasteiger partial charge is 0.310 e. The standard InChI is InChI=1S/C20H33NO3Si/c1-20(2,3)25(6,7)24-16-13-17(19(22)23-5)18(21(4)14-16)15-11-9-8-10-12-15/h8-12,16-18H,13-14H2,1-7H3/t16-,17+,18+/m1/s1. The van der Waals surface area contributed by atoms with Crippen LogP contribution in [0.1, 0.15) is 38.8 Å². The quantitative estimate of drug-likeness (QED) is 0.592. The van der Waals surface area contributed by atoms with Gasteiger partial charge in [0.2, 0.25) is 0 Å². The third-order valence-corrected chi connectivity index (χ3v) is 10.3. The summed E-state index contributed by atoms with van der Waals surface area (Å²) >= 11 is 0. The summed E-state index contributed by atoms with van der Waals surface area (Å²) in [5, 5.41) is 0.155. The normalized spacial score (nSPS) is 25.6. The van der Waals surface area contributed by atoms with Crippen molar-refractivity contribution >= 4 is 14.3 Å². The monoisotopic (exact) mass is 363 g/mol. The molecule has 0 unspecified atom stereocenters. The fourth-order valence-electron chi connectivity index (χ4n) is 3.42. The number of benzene rings is 1. The number of likely N-dealkylation sites (N-methyl/N-ethyl adjacent to an activating group) is 1. The van der Waals surface area contributed by atoms with Crippen molar-refractivity contribution in [1.82, 2.24) is 4.90 Å². The molecule has 3 atom stereocenters. The Kier molecular flexibility index (Phi) is 6.12. The lowest BCUT2D eigenvalue weighted by Gasteiger charge is -2.46. The number of hydrogen-bond donors (Lipinski definition) is 0. The number of rotatable bonds is 4. The molecule has 1 heterocycles. The fourth-order valence-corrected chi connectivity index (χ4v) is 4.78. The van der Waals surface area contributed by atoms with E-state index in [0.29, 0.717) is 6.42 Å². The maximum absolute atomic E-state index is 12.5. The Labute approximate surface area is 153 Å². The van der Waals surface area contributed by atoms with Crippen molar-refractivity contribution in [3.8, 4) is 0 Å². The number of carbonyl (C=O) groups is 1. The zero-order valence-corrected chi connectivity index (χ0v) is 17.7. The molecule has 0 bridgehead atoms. The van der Waals surface area contributed by atoms with Gasteiger partial charge in [0, 0.05) is 12.6 Å². The number of hydrogen-bond acceptors (Lipinski definition) is 4. The maximum atomic E-state index is 12.5. The van der Waals surface area contributed by atoms with Crippen LogP contribution in [0.3, 0.4) is 0 Å². The molecule has 0 radical (unpaired) electrons. The number of ether oxygens (including phenoxy) is 1. The number of esters is 1. The third kappa shape index (κ3) is 4.52. The van der Waals surface area contributed by atoms with Crippen LogP contribution in [0.4, 0.5) is 0 Å². The molecule has 0 saturated carbocycles. The van der Waals surface area contributed by atoms with Crippen molar-refractivity contribution in [3.05, 3.63) is 35.9 Å². The highest BCUT2D eigenvalue weighted by atomic mass is 28.4. The van der Waals surface area contributed by atoms with E-state index in [1.165, 1.54) is 7.11 Å². The zero-order chi connectivity index (χ0) is 18.8. The summed E-state index contributed by atoms with van der Waals surface area (Å²) in [5.41, 5.74) is 1.16. The van der Waals surface area contributed by atoms with E-state index in [0.717, 1.165) is 12.1 Å². The fraction of sp³-hybridized carbons (Fsp3) is 0.650. The molecule has 140 valence electrons. The Hall–Kier alpha value is -1.17. The molecule has 25 heavy (non-hydrogen) atoms. The van der Waals surface area contributed by atoms with Gasteiger partial charge in [-0.25, -0.2) is 0 Å². The van der Waals surface area contributed by atoms with E-state index in [-0.39, 0.29) is 29.1 Å². The molecule has 1 saturated heterocycles. The Bertz CT molecular complexity index is 582. The first-order valence-corrected chi connectivity index (χ1v) is 12.0. The molecule has 1 aromatic rings. The van der Waals surface area contributed by atoms with Crippen LogP contribution in [0.5, 0.6) is 0 Å². The summed E-state index contributed by atoms with van der Waals surface area (Å²) in [4.78, 5) is 14.8. The van der Waals surface area contributed by atoms with Crippen LogP contribution in [-0.4, -0.2) is 46.0 Å². The van der Waals surface area contributed by atoms with Gasteiger partial charge in [-0.15, -0.1) is 0 Å². The van der Waals surface area contributed by atoms with Crippen molar-refractivity contribution in [2.24, 2.45) is 5.92 Å². The van der Waals surface area contributed by atoms with Crippen molar-refractivity contribution in [1.29, 1.82) is 0 Å². The Balaban J connectivity index is 2.25. The van der Waals surface area contributed by atoms with Crippen molar-refractivity contribution in [2.75, 3.05) is 20.7 Å². The van der Waals surface area contributed by atoms with Crippen LogP contribution in [0.15, 0.2) is 30.3 Å². The van der Waals surface area contributed by atoms with Gasteiger partial charge in [0.25, 0.3) is 0 Å². The molecule has 4 nitrogen and oxygen atoms in total. The predicted octanol–water partition coefficient (Wildman–Crippen LogP) is 4.24. The molecule has 0 N–H and O–H groups in total. The highest BCUT2D eigenvalue weighted by molar-refractivity contribution is 6.74. The van der Waals surface area contributed by atoms with Crippen molar-refractivity contribution in [2.45, 2.75) is 57.5 Å². The molecule has 0 spiro atoms. The SMILES string of the molecule is COC(=O)[C@H]1C[C@@H](O[Si](C)(C)C(C)(C)C)CN(C)[C@H]1c1ccccc1. The first-order valence-electron chi connectivity index (χ1n) is 9.07. The molecular formula is C20H33NO3Si. The van der Waals surface area contributed by atoms with Gasteiger partial charge in [0.05, 0.1) is 19.1 Å². The molecule has 0 aromatic heterocycles. The van der Waals surface area contributed by atoms with Crippen LogP contribution in [0.25, 0.3) is 0 Å². The first kappa shape index (κ1) is 20.1. The van der Waals surface area contributed by atoms with Gasteiger partial charge in [-0.3, -0.25) is 9.69 Å². The van der Waals surface area contributed by atoms with Gasteiger partial charge in [0.1, 0.15) is 0 Å². The highest BCUT2D eigenvalue weighted by Crippen LogP contribution is 2.41. The second kappa shape index (κ2) is 7.60. The van der Waals surface area contributed by atoms with Gasteiger partial charge in [-0.05, 0) is 37.2 Å². The minimum absolute atomic E-state index is 0.0351. The van der Waals surface area contributed by atoms with Crippen LogP contribution >= 0.6 is 0 Å². The molecular weight excluding hydrogens is 330 g/mol. The number of nitrogens with zero attached hydrogens (tertiary/aromatic N) is 1. The Morgan fingerprint density at radius 2 is 1.80 bits per heavy atom. The van der Waals surface area contributed by atoms with Gasteiger partial charge >= 0.3 is 5.97 Å². The molecule has 1 aliphatic heterocycles. The summed E-state index contributed by atoms with van der Waals surface area (Å²) in [6, 6.07) is 10.3. The van der Waals surface area contributed by atoms with Crippen LogP contribution in [-0.2, 0) is 14.0 Å². The summed E-state index contributed by atoms with van der Waals surface area (Å²) < 4.78 is 11.7. The maximum Gasteiger partial charge on any atom is 0.310 e. The van der Waals surface area contributed by atoms with E-state index in [9.17, 15) is 4.79 Å². The average Bonchev–Trinajstić information content (AvgIpc) is 2.52. The molecule has 0 amide bonds. The highest BCUT2D eigenvalue weighted by Gasteiger charge is 2.45. The second-order valence-electron chi connectivity index (χ2n) is 8.66. The molecule has 1 fully saturated rings. The van der Waals surface area contributed by atoms with Crippen molar-refractivity contribution in [3.63, 3.8) is 0 Å². The third-order valence-electron chi connectivity index (χ3n) is 5.78. The minimum Gasteiger partial charge on any atom is -0.469 e. The van der Waals surface area contributed by atoms with Gasteiger partial charge in [-0.1, -0.05) is 51.1 Å². The summed E-state index contributed by atoms with van der Waals surface area (Å²) in [6.07, 6.45) is 0.776. The van der Waals surface area contributed by atoms with E-state index in [2.05, 4.69) is 57.9 Å². The molecule has 0 aliphatic carbocycles. The van der Waals surface area contributed by atoms with Gasteiger partial charge in [-0.2, -0.15) is 0 Å². The molecule has 1 aromatic carbocycles. The first-order chi connectivity index (χ1) is 11.6. The van der Waals surface area contributed by atoms with Crippen LogP contribution in [0, 0.1) is 5.92 Å². The number of piperidine rings is 1. The largest absolute Gasteiger partial charge is 0.469 e. The number of methoxy groups -OCH3 is 1. The van der Waals surface area contributed by atoms with Crippen LogP contribution < -0.4 is 0 Å². The lowest BCUT2D eigenvalue weighted by atomic mass is 9.84. The van der Waals surface area contributed by atoms with Gasteiger partial charge < -0.3 is 9.16 Å². The van der Waals surface area contributed by atoms with Crippen molar-refractivity contribution < 1.29 is 14.0 Å². The number of likely N-dealkylation sites (tertiary alicyclic amines) is 1. The van der Waals surface area contributed by atoms with Crippen LogP contribution in [0.2, 0.25) is 18.1 Å². The lowest BCUT2D eigenvalue weighted by molar-refractivity contribution is -0.152. The zero-order valence-electron chi connectivity index (χ0n) is 16.7. The van der Waals surface area contributed by atoms with E-state index in [1.54, 1.807) is 0 Å². The second-order valence-corrected chi connectivity index (χ2v) is 13.4. The van der Waals surface area contributed by atoms with E-state index < -0.39 is 8.32 Å². The Morgan fingerprint density at radius 1 is 1.20 bits per heavy atom. The predicted molar refractivity (Wildman–Crippen MR) is 104 cm³/mol. The number of carbonyl (C=O) groups excluding carboxylic acids is 1. The van der Waals surface area contributed by atoms with Gasteiger partial charge in [0.15, 0.2) is 8.32 Å². The summed E-state index contributed by atoms with van der Waals surface area (Å²) in [7, 11) is 1.68. The summed E-state index contributed by atoms with van der Waals surface area (Å²) in [5.74, 6) is -0.356. The summed E-state index contributed by atoms with van der Waals surface area (Å²) in [6.45, 7) is 12.1. The topological polar surface area (TPSA) is 38.8 Å². The molecule has 1 aliphatic rings. The van der Waals surface area contributed by atoms with E-state index >= 15 is 0 Å². The lowest BCUT2D eigenvalue weighted by Crippen LogP contribution is -2.52. The average molecular weight is 364 g/mol. The van der Waals surface area contributed by atoms with E-state index in [4.69, 9.17) is 9.16 Å². The van der Waals surface area contributed by atoms with E-state index in [1.807, 2.05) is 18.2 Å².